The molecule has 0 spiro atoms. The van der Waals surface area contributed by atoms with Crippen LogP contribution in [-0.2, 0) is 11.2 Å². The minimum atomic E-state index is -0.863. The lowest BCUT2D eigenvalue weighted by Gasteiger charge is -2.21. The summed E-state index contributed by atoms with van der Waals surface area (Å²) in [6, 6.07) is 9.59. The summed E-state index contributed by atoms with van der Waals surface area (Å²) < 4.78 is 0. The van der Waals surface area contributed by atoms with Gasteiger partial charge in [0.15, 0.2) is 0 Å². The first-order chi connectivity index (χ1) is 9.08. The van der Waals surface area contributed by atoms with Crippen molar-refractivity contribution in [3.8, 4) is 0 Å². The zero-order valence-corrected chi connectivity index (χ0v) is 11.0. The quantitative estimate of drug-likeness (QED) is 0.873. The molecule has 0 radical (unpaired) electrons. The van der Waals surface area contributed by atoms with Gasteiger partial charge in [0.1, 0.15) is 0 Å². The normalized spacial score (nSPS) is 19.0. The van der Waals surface area contributed by atoms with E-state index in [2.05, 4.69) is 0 Å². The van der Waals surface area contributed by atoms with Crippen molar-refractivity contribution in [1.29, 1.82) is 0 Å². The number of aliphatic carboxylic acids is 1. The van der Waals surface area contributed by atoms with E-state index in [4.69, 9.17) is 5.11 Å². The van der Waals surface area contributed by atoms with Gasteiger partial charge < -0.3 is 14.9 Å². The van der Waals surface area contributed by atoms with Gasteiger partial charge in [-0.25, -0.2) is 4.79 Å². The van der Waals surface area contributed by atoms with Crippen molar-refractivity contribution in [2.24, 2.45) is 0 Å². The third-order valence-electron chi connectivity index (χ3n) is 3.39. The molecule has 1 aromatic rings. The first-order valence-electron chi connectivity index (χ1n) is 6.35. The molecule has 1 heterocycles. The Morgan fingerprint density at radius 1 is 1.37 bits per heavy atom. The highest BCUT2D eigenvalue weighted by Crippen LogP contribution is 2.18. The monoisotopic (exact) mass is 262 g/mol. The Balaban J connectivity index is 1.99. The van der Waals surface area contributed by atoms with E-state index in [0.29, 0.717) is 13.1 Å². The fraction of sp³-hybridized carbons (Fsp3) is 0.429. The van der Waals surface area contributed by atoms with Crippen molar-refractivity contribution >= 4 is 12.0 Å². The number of hydrogen-bond donors (Lipinski definition) is 1. The lowest BCUT2D eigenvalue weighted by Crippen LogP contribution is -2.37. The van der Waals surface area contributed by atoms with Crippen LogP contribution in [0.15, 0.2) is 30.3 Å². The fourth-order valence-electron chi connectivity index (χ4n) is 2.42. The van der Waals surface area contributed by atoms with Gasteiger partial charge in [-0.2, -0.15) is 0 Å². The van der Waals surface area contributed by atoms with Crippen LogP contribution in [0.2, 0.25) is 0 Å². The van der Waals surface area contributed by atoms with Crippen LogP contribution < -0.4 is 0 Å². The molecule has 1 atom stereocenters. The maximum Gasteiger partial charge on any atom is 0.320 e. The summed E-state index contributed by atoms with van der Waals surface area (Å²) in [5.41, 5.74) is 1.15. The maximum absolute atomic E-state index is 12.0. The van der Waals surface area contributed by atoms with E-state index in [9.17, 15) is 9.59 Å². The molecule has 2 amide bonds. The highest BCUT2D eigenvalue weighted by Gasteiger charge is 2.35. The van der Waals surface area contributed by atoms with Gasteiger partial charge in [0.05, 0.1) is 12.5 Å². The third kappa shape index (κ3) is 3.24. The second kappa shape index (κ2) is 5.73. The molecular weight excluding hydrogens is 244 g/mol. The van der Waals surface area contributed by atoms with E-state index in [0.717, 1.165) is 12.0 Å². The lowest BCUT2D eigenvalue weighted by atomic mass is 10.1. The van der Waals surface area contributed by atoms with Crippen molar-refractivity contribution in [1.82, 2.24) is 9.80 Å². The van der Waals surface area contributed by atoms with Crippen LogP contribution in [0.1, 0.15) is 12.0 Å². The average Bonchev–Trinajstić information content (AvgIpc) is 2.63. The zero-order chi connectivity index (χ0) is 13.8. The Bertz CT molecular complexity index is 461. The van der Waals surface area contributed by atoms with E-state index >= 15 is 0 Å². The molecule has 1 saturated heterocycles. The third-order valence-corrected chi connectivity index (χ3v) is 3.39. The van der Waals surface area contributed by atoms with Gasteiger partial charge in [-0.05, 0) is 12.0 Å². The maximum atomic E-state index is 12.0. The predicted molar refractivity (Wildman–Crippen MR) is 70.9 cm³/mol. The van der Waals surface area contributed by atoms with E-state index in [1.54, 1.807) is 16.8 Å². The molecule has 0 saturated carbocycles. The predicted octanol–water partition coefficient (Wildman–Crippen LogP) is 1.44. The standard InChI is InChI=1S/C14H18N2O3/c1-15-10-12(9-13(17)18)16(14(15)19)8-7-11-5-3-2-4-6-11/h2-6,12H,7-10H2,1H3,(H,17,18). The SMILES string of the molecule is CN1CC(CC(=O)O)N(CCc2ccccc2)C1=O. The van der Waals surface area contributed by atoms with E-state index < -0.39 is 5.97 Å². The smallest absolute Gasteiger partial charge is 0.320 e. The summed E-state index contributed by atoms with van der Waals surface area (Å²) in [5.74, 6) is -0.863. The van der Waals surface area contributed by atoms with Crippen LogP contribution in [0.4, 0.5) is 4.79 Å². The Morgan fingerprint density at radius 2 is 2.05 bits per heavy atom. The molecule has 102 valence electrons. The molecule has 19 heavy (non-hydrogen) atoms. The largest absolute Gasteiger partial charge is 0.481 e. The van der Waals surface area contributed by atoms with E-state index in [-0.39, 0.29) is 18.5 Å². The van der Waals surface area contributed by atoms with Crippen molar-refractivity contribution in [2.75, 3.05) is 20.1 Å². The van der Waals surface area contributed by atoms with Crippen LogP contribution in [0, 0.1) is 0 Å². The zero-order valence-electron chi connectivity index (χ0n) is 11.0. The Morgan fingerprint density at radius 3 is 2.68 bits per heavy atom. The molecule has 0 bridgehead atoms. The van der Waals surface area contributed by atoms with Crippen molar-refractivity contribution < 1.29 is 14.7 Å². The topological polar surface area (TPSA) is 60.9 Å². The number of hydrogen-bond acceptors (Lipinski definition) is 2. The molecule has 1 unspecified atom stereocenters. The Hall–Kier alpha value is -2.04. The summed E-state index contributed by atoms with van der Waals surface area (Å²) in [6.07, 6.45) is 0.751. The summed E-state index contributed by atoms with van der Waals surface area (Å²) in [6.45, 7) is 1.05. The molecule has 0 aromatic heterocycles. The minimum Gasteiger partial charge on any atom is -0.481 e. The second-order valence-electron chi connectivity index (χ2n) is 4.84. The molecule has 1 aliphatic heterocycles. The Labute approximate surface area is 112 Å². The summed E-state index contributed by atoms with van der Waals surface area (Å²) in [5, 5.41) is 8.89. The number of carbonyl (C=O) groups is 2. The number of carbonyl (C=O) groups excluding carboxylic acids is 1. The molecule has 5 heteroatoms. The molecule has 0 aliphatic carbocycles. The van der Waals surface area contributed by atoms with Crippen molar-refractivity contribution in [3.63, 3.8) is 0 Å². The van der Waals surface area contributed by atoms with Gasteiger partial charge in [0, 0.05) is 20.1 Å². The molecule has 1 aliphatic rings. The molecule has 1 N–H and O–H groups in total. The highest BCUT2D eigenvalue weighted by molar-refractivity contribution is 5.78. The number of carboxylic acids is 1. The number of urea groups is 1. The molecule has 5 nitrogen and oxygen atoms in total. The number of benzene rings is 1. The van der Waals surface area contributed by atoms with E-state index in [1.165, 1.54) is 0 Å². The van der Waals surface area contributed by atoms with Gasteiger partial charge in [0.25, 0.3) is 0 Å². The van der Waals surface area contributed by atoms with E-state index in [1.807, 2.05) is 30.3 Å². The van der Waals surface area contributed by atoms with Gasteiger partial charge in [-0.1, -0.05) is 30.3 Å². The van der Waals surface area contributed by atoms with Crippen LogP contribution in [0.5, 0.6) is 0 Å². The lowest BCUT2D eigenvalue weighted by molar-refractivity contribution is -0.137. The van der Waals surface area contributed by atoms with Crippen LogP contribution in [0.3, 0.4) is 0 Å². The Kier molecular flexibility index (Phi) is 4.04. The van der Waals surface area contributed by atoms with Crippen molar-refractivity contribution in [3.05, 3.63) is 35.9 Å². The number of likely N-dealkylation sites (N-methyl/N-ethyl adjacent to an activating group) is 1. The number of amides is 2. The van der Waals surface area contributed by atoms with Gasteiger partial charge in [0.2, 0.25) is 0 Å². The number of rotatable bonds is 5. The average molecular weight is 262 g/mol. The summed E-state index contributed by atoms with van der Waals surface area (Å²) in [4.78, 5) is 26.1. The molecule has 1 aromatic carbocycles. The van der Waals surface area contributed by atoms with Gasteiger partial charge in [-0.3, -0.25) is 4.79 Å². The first kappa shape index (κ1) is 13.4. The summed E-state index contributed by atoms with van der Waals surface area (Å²) in [7, 11) is 1.71. The minimum absolute atomic E-state index is 0.00483. The second-order valence-corrected chi connectivity index (χ2v) is 4.84. The fourth-order valence-corrected chi connectivity index (χ4v) is 2.42. The van der Waals surface area contributed by atoms with Gasteiger partial charge >= 0.3 is 12.0 Å². The molecular formula is C14H18N2O3. The van der Waals surface area contributed by atoms with Crippen LogP contribution in [-0.4, -0.2) is 53.1 Å². The van der Waals surface area contributed by atoms with Gasteiger partial charge in [-0.15, -0.1) is 0 Å². The number of nitrogens with zero attached hydrogens (tertiary/aromatic N) is 2. The summed E-state index contributed by atoms with van der Waals surface area (Å²) >= 11 is 0. The van der Waals surface area contributed by atoms with Crippen LogP contribution in [0.25, 0.3) is 0 Å². The first-order valence-corrected chi connectivity index (χ1v) is 6.35. The number of carboxylic acid groups (broad SMARTS) is 1. The molecule has 2 rings (SSSR count). The highest BCUT2D eigenvalue weighted by atomic mass is 16.4. The van der Waals surface area contributed by atoms with Crippen molar-refractivity contribution in [2.45, 2.75) is 18.9 Å². The van der Waals surface area contributed by atoms with Crippen LogP contribution >= 0.6 is 0 Å². The molecule has 1 fully saturated rings.